The highest BCUT2D eigenvalue weighted by Crippen LogP contribution is 2.28. The molecule has 0 bridgehead atoms. The van der Waals surface area contributed by atoms with Crippen LogP contribution < -0.4 is 15.4 Å². The molecule has 1 aromatic heterocycles. The largest absolute Gasteiger partial charge is 0.467 e. The first kappa shape index (κ1) is 11.9. The van der Waals surface area contributed by atoms with E-state index in [1.54, 1.807) is 0 Å². The molecule has 1 heterocycles. The zero-order valence-electron chi connectivity index (χ0n) is 10.4. The Morgan fingerprint density at radius 3 is 2.65 bits per heavy atom. The molecule has 94 valence electrons. The minimum Gasteiger partial charge on any atom is -0.467 e. The molecule has 0 unspecified atom stereocenters. The summed E-state index contributed by atoms with van der Waals surface area (Å²) in [6, 6.07) is 0.277. The van der Waals surface area contributed by atoms with Gasteiger partial charge in [-0.25, -0.2) is 0 Å². The van der Waals surface area contributed by atoms with Crippen molar-refractivity contribution < 1.29 is 4.74 Å². The molecular weight excluding hydrogens is 218 g/mol. The summed E-state index contributed by atoms with van der Waals surface area (Å²) in [4.78, 5) is 14.4. The van der Waals surface area contributed by atoms with Crippen molar-refractivity contribution in [3.63, 3.8) is 0 Å². The number of methoxy groups -OCH3 is 1. The number of aromatic nitrogens is 3. The second-order valence-corrected chi connectivity index (χ2v) is 4.32. The second kappa shape index (κ2) is 5.16. The van der Waals surface area contributed by atoms with Crippen LogP contribution >= 0.6 is 0 Å². The summed E-state index contributed by atoms with van der Waals surface area (Å²) in [5, 5.41) is 0. The van der Waals surface area contributed by atoms with E-state index in [2.05, 4.69) is 26.8 Å². The quantitative estimate of drug-likeness (QED) is 0.826. The highest BCUT2D eigenvalue weighted by atomic mass is 16.5. The summed E-state index contributed by atoms with van der Waals surface area (Å²) >= 11 is 0. The Hall–Kier alpha value is -1.59. The standard InChI is InChI=1S/C11H19N5O/c1-3-16(7-8-5-4-6-8)10-13-9(12)14-11(15-10)17-2/h8H,3-7H2,1-2H3,(H2,12,13,14,15). The fraction of sp³-hybridized carbons (Fsp3) is 0.727. The maximum Gasteiger partial charge on any atom is 0.322 e. The van der Waals surface area contributed by atoms with Crippen molar-refractivity contribution in [2.45, 2.75) is 26.2 Å². The van der Waals surface area contributed by atoms with Gasteiger partial charge >= 0.3 is 6.01 Å². The number of nitrogens with two attached hydrogens (primary N) is 1. The van der Waals surface area contributed by atoms with Crippen LogP contribution in [0.5, 0.6) is 6.01 Å². The lowest BCUT2D eigenvalue weighted by Gasteiger charge is -2.31. The first-order valence-electron chi connectivity index (χ1n) is 6.03. The monoisotopic (exact) mass is 237 g/mol. The molecule has 0 aliphatic heterocycles. The number of nitrogens with zero attached hydrogens (tertiary/aromatic N) is 4. The number of nitrogen functional groups attached to an aromatic ring is 1. The molecule has 0 atom stereocenters. The summed E-state index contributed by atoms with van der Waals surface area (Å²) in [6.07, 6.45) is 3.94. The van der Waals surface area contributed by atoms with Crippen molar-refractivity contribution >= 4 is 11.9 Å². The molecule has 1 aliphatic rings. The molecule has 1 aliphatic carbocycles. The van der Waals surface area contributed by atoms with E-state index < -0.39 is 0 Å². The maximum absolute atomic E-state index is 5.64. The van der Waals surface area contributed by atoms with Crippen molar-refractivity contribution in [3.8, 4) is 6.01 Å². The van der Waals surface area contributed by atoms with Crippen molar-refractivity contribution in [2.24, 2.45) is 5.92 Å². The molecule has 1 fully saturated rings. The van der Waals surface area contributed by atoms with E-state index in [0.29, 0.717) is 5.95 Å². The lowest BCUT2D eigenvalue weighted by atomic mass is 9.85. The van der Waals surface area contributed by atoms with E-state index >= 15 is 0 Å². The Labute approximate surface area is 101 Å². The molecule has 2 N–H and O–H groups in total. The minimum atomic E-state index is 0.207. The van der Waals surface area contributed by atoms with Crippen LogP contribution in [0, 0.1) is 5.92 Å². The molecule has 0 saturated heterocycles. The number of hydrogen-bond acceptors (Lipinski definition) is 6. The molecular formula is C11H19N5O. The summed E-state index contributed by atoms with van der Waals surface area (Å²) in [5.74, 6) is 1.58. The zero-order valence-corrected chi connectivity index (χ0v) is 10.4. The van der Waals surface area contributed by atoms with Gasteiger partial charge in [-0.05, 0) is 25.7 Å². The van der Waals surface area contributed by atoms with Crippen LogP contribution in [0.1, 0.15) is 26.2 Å². The van der Waals surface area contributed by atoms with Crippen LogP contribution in [0.2, 0.25) is 0 Å². The third kappa shape index (κ3) is 2.75. The maximum atomic E-state index is 5.64. The lowest BCUT2D eigenvalue weighted by Crippen LogP contribution is -2.33. The first-order chi connectivity index (χ1) is 8.22. The van der Waals surface area contributed by atoms with Crippen molar-refractivity contribution in [2.75, 3.05) is 30.8 Å². The minimum absolute atomic E-state index is 0.207. The van der Waals surface area contributed by atoms with Gasteiger partial charge in [0.25, 0.3) is 0 Å². The molecule has 0 aromatic carbocycles. The predicted molar refractivity (Wildman–Crippen MR) is 66.0 cm³/mol. The topological polar surface area (TPSA) is 77.2 Å². The fourth-order valence-electron chi connectivity index (χ4n) is 1.93. The summed E-state index contributed by atoms with van der Waals surface area (Å²) in [6.45, 7) is 3.94. The van der Waals surface area contributed by atoms with Gasteiger partial charge in [0.2, 0.25) is 11.9 Å². The van der Waals surface area contributed by atoms with Gasteiger partial charge in [-0.3, -0.25) is 0 Å². The van der Waals surface area contributed by atoms with Crippen LogP contribution in [0.3, 0.4) is 0 Å². The van der Waals surface area contributed by atoms with Gasteiger partial charge < -0.3 is 15.4 Å². The molecule has 0 spiro atoms. The first-order valence-corrected chi connectivity index (χ1v) is 6.03. The van der Waals surface area contributed by atoms with Crippen molar-refractivity contribution in [3.05, 3.63) is 0 Å². The molecule has 1 saturated carbocycles. The van der Waals surface area contributed by atoms with Gasteiger partial charge in [-0.15, -0.1) is 0 Å². The number of hydrogen-bond donors (Lipinski definition) is 1. The molecule has 6 nitrogen and oxygen atoms in total. The lowest BCUT2D eigenvalue weighted by molar-refractivity contribution is 0.316. The van der Waals surface area contributed by atoms with Crippen molar-refractivity contribution in [1.29, 1.82) is 0 Å². The Morgan fingerprint density at radius 1 is 1.35 bits per heavy atom. The normalized spacial score (nSPS) is 15.4. The third-order valence-electron chi connectivity index (χ3n) is 3.17. The third-order valence-corrected chi connectivity index (χ3v) is 3.17. The molecule has 17 heavy (non-hydrogen) atoms. The van der Waals surface area contributed by atoms with E-state index in [1.165, 1.54) is 26.4 Å². The highest BCUT2D eigenvalue weighted by Gasteiger charge is 2.22. The van der Waals surface area contributed by atoms with Gasteiger partial charge in [0.05, 0.1) is 7.11 Å². The molecule has 2 rings (SSSR count). The van der Waals surface area contributed by atoms with E-state index in [0.717, 1.165) is 19.0 Å². The Balaban J connectivity index is 2.13. The average molecular weight is 237 g/mol. The van der Waals surface area contributed by atoms with Gasteiger partial charge in [0.15, 0.2) is 0 Å². The summed E-state index contributed by atoms with van der Waals surface area (Å²) < 4.78 is 5.01. The van der Waals surface area contributed by atoms with E-state index in [9.17, 15) is 0 Å². The smallest absolute Gasteiger partial charge is 0.322 e. The van der Waals surface area contributed by atoms with Gasteiger partial charge in [0.1, 0.15) is 0 Å². The number of rotatable bonds is 5. The molecule has 6 heteroatoms. The highest BCUT2D eigenvalue weighted by molar-refractivity contribution is 5.35. The summed E-state index contributed by atoms with van der Waals surface area (Å²) in [5.41, 5.74) is 5.64. The van der Waals surface area contributed by atoms with E-state index in [-0.39, 0.29) is 12.0 Å². The van der Waals surface area contributed by atoms with Crippen LogP contribution in [0.25, 0.3) is 0 Å². The Morgan fingerprint density at radius 2 is 2.12 bits per heavy atom. The van der Waals surface area contributed by atoms with Crippen LogP contribution in [0.15, 0.2) is 0 Å². The predicted octanol–water partition coefficient (Wildman–Crippen LogP) is 1.09. The van der Waals surface area contributed by atoms with Crippen LogP contribution in [0.4, 0.5) is 11.9 Å². The van der Waals surface area contributed by atoms with Crippen LogP contribution in [-0.2, 0) is 0 Å². The number of ether oxygens (including phenoxy) is 1. The van der Waals surface area contributed by atoms with E-state index in [4.69, 9.17) is 10.5 Å². The second-order valence-electron chi connectivity index (χ2n) is 4.32. The molecule has 0 amide bonds. The van der Waals surface area contributed by atoms with Gasteiger partial charge in [-0.1, -0.05) is 6.42 Å². The Bertz CT molecular complexity index is 380. The van der Waals surface area contributed by atoms with Crippen molar-refractivity contribution in [1.82, 2.24) is 15.0 Å². The molecule has 1 aromatic rings. The average Bonchev–Trinajstić information content (AvgIpc) is 2.27. The van der Waals surface area contributed by atoms with E-state index in [1.807, 2.05) is 0 Å². The molecule has 0 radical (unpaired) electrons. The van der Waals surface area contributed by atoms with Crippen LogP contribution in [-0.4, -0.2) is 35.2 Å². The number of anilines is 2. The SMILES string of the molecule is CCN(CC1CCC1)c1nc(N)nc(OC)n1. The Kier molecular flexibility index (Phi) is 3.61. The fourth-order valence-corrected chi connectivity index (χ4v) is 1.93. The van der Waals surface area contributed by atoms with Gasteiger partial charge in [-0.2, -0.15) is 15.0 Å². The zero-order chi connectivity index (χ0) is 12.3. The summed E-state index contributed by atoms with van der Waals surface area (Å²) in [7, 11) is 1.53. The van der Waals surface area contributed by atoms with Gasteiger partial charge in [0, 0.05) is 13.1 Å².